The van der Waals surface area contributed by atoms with E-state index in [1.54, 1.807) is 0 Å². The van der Waals surface area contributed by atoms with Crippen LogP contribution >= 0.6 is 24.0 Å². The number of hydrogen-bond donors (Lipinski definition) is 1. The van der Waals surface area contributed by atoms with E-state index in [9.17, 15) is 8.42 Å². The molecule has 3 fully saturated rings. The zero-order chi connectivity index (χ0) is 17.2. The summed E-state index contributed by atoms with van der Waals surface area (Å²) in [7, 11) is -2.81. The third-order valence-electron chi connectivity index (χ3n) is 6.39. The van der Waals surface area contributed by atoms with Crippen molar-refractivity contribution in [3.63, 3.8) is 0 Å². The van der Waals surface area contributed by atoms with Crippen molar-refractivity contribution in [3.8, 4) is 0 Å². The van der Waals surface area contributed by atoms with Crippen LogP contribution in [0.5, 0.6) is 0 Å². The van der Waals surface area contributed by atoms with Gasteiger partial charge >= 0.3 is 0 Å². The molecule has 1 spiro atoms. The van der Waals surface area contributed by atoms with Crippen LogP contribution in [-0.2, 0) is 9.84 Å². The van der Waals surface area contributed by atoms with Crippen molar-refractivity contribution in [1.82, 2.24) is 10.2 Å². The lowest BCUT2D eigenvalue weighted by atomic mass is 9.59. The van der Waals surface area contributed by atoms with E-state index in [0.717, 1.165) is 44.4 Å². The van der Waals surface area contributed by atoms with E-state index in [1.807, 2.05) is 0 Å². The summed E-state index contributed by atoms with van der Waals surface area (Å²) in [5.41, 5.74) is 0.504. The molecule has 1 N–H and O–H groups in total. The number of likely N-dealkylation sites (tertiary alicyclic amines) is 1. The van der Waals surface area contributed by atoms with Gasteiger partial charge < -0.3 is 10.2 Å². The summed E-state index contributed by atoms with van der Waals surface area (Å²) in [6.45, 7) is 8.34. The van der Waals surface area contributed by atoms with Crippen molar-refractivity contribution < 1.29 is 8.42 Å². The summed E-state index contributed by atoms with van der Waals surface area (Å²) >= 11 is 0. The highest BCUT2D eigenvalue weighted by Crippen LogP contribution is 2.50. The molecule has 3 rings (SSSR count). The largest absolute Gasteiger partial charge is 0.356 e. The molecule has 146 valence electrons. The molecule has 5 nitrogen and oxygen atoms in total. The lowest BCUT2D eigenvalue weighted by Crippen LogP contribution is -2.56. The summed E-state index contributed by atoms with van der Waals surface area (Å²) in [5.74, 6) is 2.69. The van der Waals surface area contributed by atoms with Gasteiger partial charge in [-0.15, -0.1) is 24.0 Å². The molecule has 25 heavy (non-hydrogen) atoms. The average molecular weight is 483 g/mol. The van der Waals surface area contributed by atoms with Gasteiger partial charge in [-0.2, -0.15) is 0 Å². The number of rotatable bonds is 4. The Morgan fingerprint density at radius 3 is 2.64 bits per heavy atom. The Hall–Kier alpha value is -0.0500. The minimum atomic E-state index is -2.81. The first-order valence-corrected chi connectivity index (χ1v) is 11.5. The van der Waals surface area contributed by atoms with E-state index in [0.29, 0.717) is 23.5 Å². The summed E-state index contributed by atoms with van der Waals surface area (Å²) in [6.07, 6.45) is 7.16. The van der Waals surface area contributed by atoms with E-state index in [4.69, 9.17) is 4.99 Å². The smallest absolute Gasteiger partial charge is 0.193 e. The van der Waals surface area contributed by atoms with Crippen LogP contribution in [0.2, 0.25) is 0 Å². The van der Waals surface area contributed by atoms with Crippen LogP contribution in [0.1, 0.15) is 52.4 Å². The molecule has 2 aliphatic heterocycles. The third-order valence-corrected chi connectivity index (χ3v) is 8.23. The van der Waals surface area contributed by atoms with E-state index in [1.165, 1.54) is 25.7 Å². The van der Waals surface area contributed by atoms with Gasteiger partial charge in [-0.05, 0) is 49.4 Å². The van der Waals surface area contributed by atoms with Crippen molar-refractivity contribution in [2.75, 3.05) is 37.7 Å². The highest BCUT2D eigenvalue weighted by molar-refractivity contribution is 14.0. The molecular weight excluding hydrogens is 449 g/mol. The summed E-state index contributed by atoms with van der Waals surface area (Å²) in [6, 6.07) is 0. The Morgan fingerprint density at radius 1 is 1.32 bits per heavy atom. The topological polar surface area (TPSA) is 61.8 Å². The average Bonchev–Trinajstić information content (AvgIpc) is 2.86. The minimum absolute atomic E-state index is 0. The number of halogens is 1. The maximum atomic E-state index is 11.7. The number of hydrogen-bond acceptors (Lipinski definition) is 3. The van der Waals surface area contributed by atoms with Crippen LogP contribution in [0.15, 0.2) is 4.99 Å². The maximum Gasteiger partial charge on any atom is 0.193 e. The molecule has 1 saturated carbocycles. The van der Waals surface area contributed by atoms with Crippen molar-refractivity contribution in [2.24, 2.45) is 22.2 Å². The summed E-state index contributed by atoms with van der Waals surface area (Å²) < 4.78 is 23.3. The Bertz CT molecular complexity index is 575. The second-order valence-electron chi connectivity index (χ2n) is 8.19. The molecule has 2 unspecified atom stereocenters. The molecule has 0 aromatic rings. The lowest BCUT2D eigenvalue weighted by Gasteiger charge is -2.53. The Balaban J connectivity index is 0.00000225. The van der Waals surface area contributed by atoms with Crippen LogP contribution in [0.3, 0.4) is 0 Å². The first-order valence-electron chi connectivity index (χ1n) is 9.68. The van der Waals surface area contributed by atoms with Crippen LogP contribution in [0.4, 0.5) is 0 Å². The minimum Gasteiger partial charge on any atom is -0.356 e. The summed E-state index contributed by atoms with van der Waals surface area (Å²) in [4.78, 5) is 7.29. The fourth-order valence-electron chi connectivity index (χ4n) is 4.47. The zero-order valence-corrected chi connectivity index (χ0v) is 18.8. The van der Waals surface area contributed by atoms with E-state index < -0.39 is 9.84 Å². The van der Waals surface area contributed by atoms with Crippen LogP contribution < -0.4 is 5.32 Å². The monoisotopic (exact) mass is 483 g/mol. The van der Waals surface area contributed by atoms with Crippen molar-refractivity contribution in [2.45, 2.75) is 52.4 Å². The SMILES string of the molecule is CCCNC(=NCC1CCS(=O)(=O)C1)N1CCC(C)C2(CCC2)C1.I. The van der Waals surface area contributed by atoms with Crippen molar-refractivity contribution in [3.05, 3.63) is 0 Å². The van der Waals surface area contributed by atoms with Crippen molar-refractivity contribution >= 4 is 39.8 Å². The molecule has 3 aliphatic rings. The zero-order valence-electron chi connectivity index (χ0n) is 15.7. The molecule has 0 amide bonds. The van der Waals surface area contributed by atoms with Gasteiger partial charge in [0.05, 0.1) is 11.5 Å². The molecule has 0 radical (unpaired) electrons. The van der Waals surface area contributed by atoms with Gasteiger partial charge in [-0.1, -0.05) is 20.3 Å². The highest BCUT2D eigenvalue weighted by atomic mass is 127. The first-order chi connectivity index (χ1) is 11.4. The Kier molecular flexibility index (Phi) is 7.45. The van der Waals surface area contributed by atoms with Gasteiger partial charge in [-0.3, -0.25) is 4.99 Å². The van der Waals surface area contributed by atoms with Gasteiger partial charge in [0, 0.05) is 26.2 Å². The van der Waals surface area contributed by atoms with Crippen molar-refractivity contribution in [1.29, 1.82) is 0 Å². The molecule has 0 aromatic heterocycles. The third kappa shape index (κ3) is 5.02. The highest BCUT2D eigenvalue weighted by Gasteiger charge is 2.46. The number of guanidine groups is 1. The Morgan fingerprint density at radius 2 is 2.08 bits per heavy atom. The second kappa shape index (κ2) is 8.76. The quantitative estimate of drug-likeness (QED) is 0.380. The second-order valence-corrected chi connectivity index (χ2v) is 10.4. The Labute approximate surface area is 170 Å². The van der Waals surface area contributed by atoms with Gasteiger partial charge in [0.15, 0.2) is 15.8 Å². The number of piperidine rings is 1. The number of aliphatic imine (C=N–C) groups is 1. The summed E-state index contributed by atoms with van der Waals surface area (Å²) in [5, 5.41) is 3.51. The molecule has 7 heteroatoms. The first kappa shape index (κ1) is 21.3. The molecule has 2 atom stereocenters. The van der Waals surface area contributed by atoms with Crippen LogP contribution in [-0.4, -0.2) is 57.0 Å². The normalized spacial score (nSPS) is 30.6. The fourth-order valence-corrected chi connectivity index (χ4v) is 6.32. The standard InChI is InChI=1S/C18H33N3O2S.HI/c1-3-9-19-17(20-12-16-6-11-24(22,23)13-16)21-10-5-15(2)18(14-21)7-4-8-18;/h15-16H,3-14H2,1-2H3,(H,19,20);1H. The van der Waals surface area contributed by atoms with Gasteiger partial charge in [0.1, 0.15) is 0 Å². The fraction of sp³-hybridized carbons (Fsp3) is 0.944. The molecule has 1 aliphatic carbocycles. The molecular formula is C18H34IN3O2S. The van der Waals surface area contributed by atoms with E-state index in [2.05, 4.69) is 24.1 Å². The molecule has 0 bridgehead atoms. The number of nitrogens with one attached hydrogen (secondary N) is 1. The van der Waals surface area contributed by atoms with Gasteiger partial charge in [-0.25, -0.2) is 8.42 Å². The number of sulfone groups is 1. The number of nitrogens with zero attached hydrogens (tertiary/aromatic N) is 2. The van der Waals surface area contributed by atoms with Gasteiger partial charge in [0.25, 0.3) is 0 Å². The van der Waals surface area contributed by atoms with E-state index >= 15 is 0 Å². The maximum absolute atomic E-state index is 11.7. The molecule has 2 saturated heterocycles. The van der Waals surface area contributed by atoms with Crippen LogP contribution in [0, 0.1) is 17.3 Å². The van der Waals surface area contributed by atoms with Gasteiger partial charge in [0.2, 0.25) is 0 Å². The molecule has 2 heterocycles. The van der Waals surface area contributed by atoms with Crippen LogP contribution in [0.25, 0.3) is 0 Å². The lowest BCUT2D eigenvalue weighted by molar-refractivity contribution is -0.00511. The predicted molar refractivity (Wildman–Crippen MR) is 114 cm³/mol. The van der Waals surface area contributed by atoms with E-state index in [-0.39, 0.29) is 29.9 Å². The predicted octanol–water partition coefficient (Wildman–Crippen LogP) is 2.91. The molecule has 0 aromatic carbocycles.